The van der Waals surface area contributed by atoms with Crippen LogP contribution in [0.5, 0.6) is 0 Å². The summed E-state index contributed by atoms with van der Waals surface area (Å²) in [6.45, 7) is 1.81. The summed E-state index contributed by atoms with van der Waals surface area (Å²) in [6, 6.07) is 9.16. The van der Waals surface area contributed by atoms with Crippen LogP contribution < -0.4 is 10.2 Å². The Morgan fingerprint density at radius 2 is 2.00 bits per heavy atom. The van der Waals surface area contributed by atoms with Crippen molar-refractivity contribution in [2.75, 3.05) is 31.8 Å². The van der Waals surface area contributed by atoms with Crippen LogP contribution in [-0.2, 0) is 23.9 Å². The van der Waals surface area contributed by atoms with Gasteiger partial charge < -0.3 is 14.8 Å². The van der Waals surface area contributed by atoms with E-state index in [0.717, 1.165) is 0 Å². The zero-order valence-electron chi connectivity index (χ0n) is 15.6. The van der Waals surface area contributed by atoms with Gasteiger partial charge in [0, 0.05) is 32.0 Å². The second kappa shape index (κ2) is 11.0. The van der Waals surface area contributed by atoms with E-state index < -0.39 is 11.9 Å². The summed E-state index contributed by atoms with van der Waals surface area (Å²) < 4.78 is 9.65. The summed E-state index contributed by atoms with van der Waals surface area (Å²) >= 11 is 1.28. The second-order valence-corrected chi connectivity index (χ2v) is 6.37. The quantitative estimate of drug-likeness (QED) is 0.391. The summed E-state index contributed by atoms with van der Waals surface area (Å²) in [5, 5.41) is 4.75. The second-order valence-electron chi connectivity index (χ2n) is 5.53. The van der Waals surface area contributed by atoms with Gasteiger partial charge in [0.05, 0.1) is 18.0 Å². The predicted molar refractivity (Wildman–Crippen MR) is 106 cm³/mol. The van der Waals surface area contributed by atoms with Crippen molar-refractivity contribution in [1.29, 1.82) is 0 Å². The number of nitrogens with zero attached hydrogens (tertiary/aromatic N) is 2. The molecule has 9 heteroatoms. The zero-order valence-corrected chi connectivity index (χ0v) is 16.4. The van der Waals surface area contributed by atoms with Gasteiger partial charge in [0.15, 0.2) is 11.7 Å². The monoisotopic (exact) mass is 403 g/mol. The van der Waals surface area contributed by atoms with Gasteiger partial charge in [-0.3, -0.25) is 14.5 Å². The van der Waals surface area contributed by atoms with Crippen LogP contribution in [0.2, 0.25) is 0 Å². The van der Waals surface area contributed by atoms with Gasteiger partial charge in [-0.15, -0.1) is 11.3 Å². The number of methoxy groups -OCH3 is 1. The fourth-order valence-electron chi connectivity index (χ4n) is 2.14. The topological polar surface area (TPSA) is 97.8 Å². The Balaban J connectivity index is 1.93. The number of aromatic nitrogens is 1. The summed E-state index contributed by atoms with van der Waals surface area (Å²) in [6.07, 6.45) is 2.65. The number of esters is 1. The van der Waals surface area contributed by atoms with Gasteiger partial charge in [-0.1, -0.05) is 18.2 Å². The first kappa shape index (κ1) is 21.3. The van der Waals surface area contributed by atoms with E-state index in [2.05, 4.69) is 10.3 Å². The van der Waals surface area contributed by atoms with Crippen molar-refractivity contribution >= 4 is 46.0 Å². The molecule has 1 aromatic carbocycles. The highest BCUT2D eigenvalue weighted by molar-refractivity contribution is 7.14. The van der Waals surface area contributed by atoms with Gasteiger partial charge in [0.1, 0.15) is 0 Å². The molecule has 28 heavy (non-hydrogen) atoms. The molecule has 2 amide bonds. The average molecular weight is 403 g/mol. The third-order valence-corrected chi connectivity index (χ3v) is 4.24. The van der Waals surface area contributed by atoms with Crippen LogP contribution in [0.4, 0.5) is 10.8 Å². The number of thiazole rings is 1. The summed E-state index contributed by atoms with van der Waals surface area (Å²) in [7, 11) is 1.52. The molecule has 0 aliphatic rings. The molecule has 1 N–H and O–H groups in total. The number of carbonyl (C=O) groups is 3. The molecule has 0 aliphatic heterocycles. The molecule has 0 saturated carbocycles. The Kier molecular flexibility index (Phi) is 8.32. The molecule has 2 rings (SSSR count). The first-order chi connectivity index (χ1) is 13.5. The van der Waals surface area contributed by atoms with E-state index in [-0.39, 0.29) is 12.5 Å². The molecule has 0 saturated heterocycles. The fraction of sp³-hybridized carbons (Fsp3) is 0.263. The number of hydrogen-bond acceptors (Lipinski definition) is 7. The van der Waals surface area contributed by atoms with Crippen molar-refractivity contribution < 1.29 is 23.9 Å². The first-order valence-electron chi connectivity index (χ1n) is 8.43. The predicted octanol–water partition coefficient (Wildman–Crippen LogP) is 2.15. The number of benzene rings is 1. The molecule has 0 radical (unpaired) electrons. The average Bonchev–Trinajstić information content (AvgIpc) is 3.14. The largest absolute Gasteiger partial charge is 0.452 e. The van der Waals surface area contributed by atoms with Gasteiger partial charge in [-0.05, 0) is 18.2 Å². The number of anilines is 2. The Morgan fingerprint density at radius 3 is 2.68 bits per heavy atom. The van der Waals surface area contributed by atoms with Crippen LogP contribution in [0.1, 0.15) is 12.6 Å². The highest BCUT2D eigenvalue weighted by Gasteiger charge is 2.17. The van der Waals surface area contributed by atoms with Crippen molar-refractivity contribution in [2.45, 2.75) is 6.92 Å². The Labute approximate surface area is 166 Å². The summed E-state index contributed by atoms with van der Waals surface area (Å²) in [4.78, 5) is 41.0. The van der Waals surface area contributed by atoms with E-state index >= 15 is 0 Å². The van der Waals surface area contributed by atoms with Gasteiger partial charge in [-0.2, -0.15) is 0 Å². The van der Waals surface area contributed by atoms with Crippen LogP contribution >= 0.6 is 11.3 Å². The van der Waals surface area contributed by atoms with Crippen LogP contribution in [0.3, 0.4) is 0 Å². The smallest absolute Gasteiger partial charge is 0.331 e. The summed E-state index contributed by atoms with van der Waals surface area (Å²) in [5.41, 5.74) is 1.21. The molecule has 0 spiro atoms. The number of nitrogens with one attached hydrogen (secondary N) is 1. The molecule has 8 nitrogen and oxygen atoms in total. The molecule has 0 unspecified atom stereocenters. The van der Waals surface area contributed by atoms with Crippen molar-refractivity contribution in [3.8, 4) is 0 Å². The van der Waals surface area contributed by atoms with E-state index in [0.29, 0.717) is 29.7 Å². The van der Waals surface area contributed by atoms with Crippen molar-refractivity contribution in [1.82, 2.24) is 10.3 Å². The Bertz CT molecular complexity index is 835. The molecule has 2 aromatic rings. The number of rotatable bonds is 9. The lowest BCUT2D eigenvalue weighted by atomic mass is 10.3. The Hall–Kier alpha value is -3.04. The molecular formula is C19H21N3O5S. The molecule has 0 atom stereocenters. The SMILES string of the molecule is COCCNC(=O)COC(=O)/C=C/c1csc(N(C(C)=O)c2ccccc2)n1. The number of amides is 2. The molecule has 1 aromatic heterocycles. The summed E-state index contributed by atoms with van der Waals surface area (Å²) in [5.74, 6) is -1.24. The van der Waals surface area contributed by atoms with Gasteiger partial charge in [-0.25, -0.2) is 9.78 Å². The maximum atomic E-state index is 12.0. The van der Waals surface area contributed by atoms with Crippen molar-refractivity contribution in [3.63, 3.8) is 0 Å². The maximum Gasteiger partial charge on any atom is 0.331 e. The van der Waals surface area contributed by atoms with Crippen molar-refractivity contribution in [3.05, 3.63) is 47.5 Å². The number of para-hydroxylation sites is 1. The third-order valence-electron chi connectivity index (χ3n) is 3.39. The normalized spacial score (nSPS) is 10.6. The van der Waals surface area contributed by atoms with Gasteiger partial charge in [0.25, 0.3) is 5.91 Å². The highest BCUT2D eigenvalue weighted by atomic mass is 32.1. The zero-order chi connectivity index (χ0) is 20.4. The van der Waals surface area contributed by atoms with Crippen LogP contribution in [0.15, 0.2) is 41.8 Å². The number of hydrogen-bond donors (Lipinski definition) is 1. The number of carbonyl (C=O) groups excluding carboxylic acids is 3. The minimum Gasteiger partial charge on any atom is -0.452 e. The number of ether oxygens (including phenoxy) is 2. The van der Waals surface area contributed by atoms with Crippen LogP contribution in [0.25, 0.3) is 6.08 Å². The Morgan fingerprint density at radius 1 is 1.25 bits per heavy atom. The molecule has 148 valence electrons. The first-order valence-corrected chi connectivity index (χ1v) is 9.31. The van der Waals surface area contributed by atoms with E-state index in [1.165, 1.54) is 42.4 Å². The lowest BCUT2D eigenvalue weighted by molar-refractivity contribution is -0.143. The molecule has 1 heterocycles. The third kappa shape index (κ3) is 6.60. The van der Waals surface area contributed by atoms with E-state index in [1.807, 2.05) is 30.3 Å². The van der Waals surface area contributed by atoms with Gasteiger partial charge >= 0.3 is 5.97 Å². The molecular weight excluding hydrogens is 382 g/mol. The van der Waals surface area contributed by atoms with E-state index in [1.54, 1.807) is 5.38 Å². The maximum absolute atomic E-state index is 12.0. The van der Waals surface area contributed by atoms with Crippen LogP contribution in [-0.4, -0.2) is 49.6 Å². The minimum absolute atomic E-state index is 0.171. The standard InChI is InChI=1S/C19H21N3O5S/c1-14(23)22(16-6-4-3-5-7-16)19-21-15(13-28-19)8-9-18(25)27-12-17(24)20-10-11-26-2/h3-9,13H,10-12H2,1-2H3,(H,20,24)/b9-8+. The fourth-order valence-corrected chi connectivity index (χ4v) is 3.00. The van der Waals surface area contributed by atoms with Crippen LogP contribution in [0, 0.1) is 0 Å². The van der Waals surface area contributed by atoms with Crippen molar-refractivity contribution in [2.24, 2.45) is 0 Å². The minimum atomic E-state index is -0.664. The highest BCUT2D eigenvalue weighted by Crippen LogP contribution is 2.28. The molecule has 0 bridgehead atoms. The van der Waals surface area contributed by atoms with E-state index in [4.69, 9.17) is 9.47 Å². The van der Waals surface area contributed by atoms with E-state index in [9.17, 15) is 14.4 Å². The molecule has 0 fully saturated rings. The van der Waals surface area contributed by atoms with Gasteiger partial charge in [0.2, 0.25) is 5.91 Å². The lowest BCUT2D eigenvalue weighted by Gasteiger charge is -2.17. The lowest BCUT2D eigenvalue weighted by Crippen LogP contribution is -2.31. The molecule has 0 aliphatic carbocycles.